The van der Waals surface area contributed by atoms with Gasteiger partial charge in [-0.2, -0.15) is 0 Å². The average Bonchev–Trinajstić information content (AvgIpc) is 3.23. The van der Waals surface area contributed by atoms with E-state index in [2.05, 4.69) is 18.2 Å². The molecular weight excluding hydrogens is 398 g/mol. The molecule has 4 heteroatoms. The lowest BCUT2D eigenvalue weighted by Crippen LogP contribution is -2.16. The molecule has 0 bridgehead atoms. The van der Waals surface area contributed by atoms with E-state index >= 15 is 0 Å². The Bertz CT molecular complexity index is 1340. The molecule has 0 saturated carbocycles. The van der Waals surface area contributed by atoms with E-state index in [1.54, 1.807) is 24.3 Å². The van der Waals surface area contributed by atoms with Gasteiger partial charge < -0.3 is 4.74 Å². The summed E-state index contributed by atoms with van der Waals surface area (Å²) in [6, 6.07) is 26.5. The number of ketones is 1. The summed E-state index contributed by atoms with van der Waals surface area (Å²) in [6.07, 6.45) is 3.64. The van der Waals surface area contributed by atoms with Crippen LogP contribution in [0.4, 0.5) is 0 Å². The van der Waals surface area contributed by atoms with Gasteiger partial charge in [0.15, 0.2) is 12.4 Å². The first-order valence-corrected chi connectivity index (χ1v) is 10.6. The Morgan fingerprint density at radius 3 is 2.31 bits per heavy atom. The van der Waals surface area contributed by atoms with Crippen LogP contribution in [0.3, 0.4) is 0 Å². The minimum absolute atomic E-state index is 0.224. The second-order valence-electron chi connectivity index (χ2n) is 7.78. The molecule has 4 nitrogen and oxygen atoms in total. The minimum Gasteiger partial charge on any atom is -0.454 e. The van der Waals surface area contributed by atoms with Crippen LogP contribution in [0.25, 0.3) is 22.6 Å². The summed E-state index contributed by atoms with van der Waals surface area (Å²) < 4.78 is 5.50. The highest BCUT2D eigenvalue weighted by Gasteiger charge is 2.28. The molecule has 1 heterocycles. The number of hydrogen-bond acceptors (Lipinski definition) is 4. The van der Waals surface area contributed by atoms with Crippen LogP contribution in [0.15, 0.2) is 84.9 Å². The number of para-hydroxylation sites is 1. The van der Waals surface area contributed by atoms with E-state index in [0.717, 1.165) is 39.7 Å². The third-order valence-electron chi connectivity index (χ3n) is 5.72. The second kappa shape index (κ2) is 8.60. The molecular formula is C28H21NO3. The number of benzene rings is 3. The highest BCUT2D eigenvalue weighted by atomic mass is 16.5. The summed E-state index contributed by atoms with van der Waals surface area (Å²) in [7, 11) is 0. The van der Waals surface area contributed by atoms with Gasteiger partial charge in [-0.3, -0.25) is 4.79 Å². The van der Waals surface area contributed by atoms with Crippen molar-refractivity contribution in [2.75, 3.05) is 6.61 Å². The minimum atomic E-state index is -0.481. The van der Waals surface area contributed by atoms with E-state index in [-0.39, 0.29) is 12.4 Å². The molecule has 0 saturated heterocycles. The summed E-state index contributed by atoms with van der Waals surface area (Å²) in [5, 5.41) is 0.754. The number of pyridine rings is 1. The number of Topliss-reactive ketones (excluding diaryl/α,β-unsaturated/α-hetero) is 1. The molecule has 4 aromatic rings. The van der Waals surface area contributed by atoms with Crippen LogP contribution < -0.4 is 0 Å². The van der Waals surface area contributed by atoms with Crippen LogP contribution in [0, 0.1) is 0 Å². The molecule has 156 valence electrons. The fourth-order valence-electron chi connectivity index (χ4n) is 4.17. The number of ether oxygens (including phenoxy) is 1. The van der Waals surface area contributed by atoms with E-state index in [4.69, 9.17) is 9.72 Å². The molecule has 1 aromatic heterocycles. The predicted octanol–water partition coefficient (Wildman–Crippen LogP) is 5.76. The number of rotatable bonds is 5. The molecule has 3 aromatic carbocycles. The van der Waals surface area contributed by atoms with Gasteiger partial charge in [0, 0.05) is 10.9 Å². The summed E-state index contributed by atoms with van der Waals surface area (Å²) in [5.74, 6) is -0.705. The molecule has 0 radical (unpaired) electrons. The Morgan fingerprint density at radius 2 is 1.53 bits per heavy atom. The lowest BCUT2D eigenvalue weighted by Gasteiger charge is -2.12. The summed E-state index contributed by atoms with van der Waals surface area (Å²) in [5.41, 5.74) is 5.72. The lowest BCUT2D eigenvalue weighted by atomic mass is 10.0. The molecule has 0 spiro atoms. The number of allylic oxidation sites excluding steroid dienone is 1. The van der Waals surface area contributed by atoms with Gasteiger partial charge in [-0.15, -0.1) is 0 Å². The average molecular weight is 419 g/mol. The molecule has 0 N–H and O–H groups in total. The maximum absolute atomic E-state index is 13.2. The van der Waals surface area contributed by atoms with Crippen molar-refractivity contribution < 1.29 is 14.3 Å². The first-order chi connectivity index (χ1) is 15.7. The van der Waals surface area contributed by atoms with Crippen molar-refractivity contribution >= 4 is 34.3 Å². The SMILES string of the molecule is O=C(COC(=O)c1c2c(nc3ccccc13)/C(=C\c1ccccc1)CC2)c1ccccc1. The molecule has 1 aliphatic carbocycles. The molecule has 1 aliphatic rings. The number of carbonyl (C=O) groups excluding carboxylic acids is 2. The third kappa shape index (κ3) is 3.83. The lowest BCUT2D eigenvalue weighted by molar-refractivity contribution is 0.0475. The zero-order chi connectivity index (χ0) is 21.9. The van der Waals surface area contributed by atoms with E-state index < -0.39 is 5.97 Å². The highest BCUT2D eigenvalue weighted by molar-refractivity contribution is 6.08. The van der Waals surface area contributed by atoms with E-state index in [1.807, 2.05) is 48.5 Å². The fourth-order valence-corrected chi connectivity index (χ4v) is 4.17. The van der Waals surface area contributed by atoms with Crippen molar-refractivity contribution in [3.63, 3.8) is 0 Å². The maximum atomic E-state index is 13.2. The number of aromatic nitrogens is 1. The van der Waals surface area contributed by atoms with Gasteiger partial charge in [0.25, 0.3) is 0 Å². The van der Waals surface area contributed by atoms with Crippen molar-refractivity contribution in [1.29, 1.82) is 0 Å². The predicted molar refractivity (Wildman–Crippen MR) is 125 cm³/mol. The van der Waals surface area contributed by atoms with Gasteiger partial charge in [0.05, 0.1) is 16.8 Å². The Balaban J connectivity index is 1.51. The van der Waals surface area contributed by atoms with Gasteiger partial charge in [-0.1, -0.05) is 78.9 Å². The monoisotopic (exact) mass is 419 g/mol. The second-order valence-corrected chi connectivity index (χ2v) is 7.78. The van der Waals surface area contributed by atoms with Crippen LogP contribution in [-0.4, -0.2) is 23.3 Å². The van der Waals surface area contributed by atoms with Crippen LogP contribution in [-0.2, 0) is 11.2 Å². The topological polar surface area (TPSA) is 56.3 Å². The quantitative estimate of drug-likeness (QED) is 0.305. The van der Waals surface area contributed by atoms with Crippen LogP contribution >= 0.6 is 0 Å². The largest absolute Gasteiger partial charge is 0.454 e. The highest BCUT2D eigenvalue weighted by Crippen LogP contribution is 2.37. The Morgan fingerprint density at radius 1 is 0.844 bits per heavy atom. The molecule has 32 heavy (non-hydrogen) atoms. The molecule has 0 aliphatic heterocycles. The van der Waals surface area contributed by atoms with Crippen molar-refractivity contribution in [2.45, 2.75) is 12.8 Å². The van der Waals surface area contributed by atoms with Crippen LogP contribution in [0.5, 0.6) is 0 Å². The van der Waals surface area contributed by atoms with E-state index in [0.29, 0.717) is 17.5 Å². The van der Waals surface area contributed by atoms with Crippen molar-refractivity contribution in [2.24, 2.45) is 0 Å². The van der Waals surface area contributed by atoms with Gasteiger partial charge in [0.2, 0.25) is 0 Å². The normalized spacial score (nSPS) is 13.8. The number of esters is 1. The smallest absolute Gasteiger partial charge is 0.339 e. The van der Waals surface area contributed by atoms with E-state index in [9.17, 15) is 9.59 Å². The molecule has 0 amide bonds. The Kier molecular flexibility index (Phi) is 5.34. The standard InChI is InChI=1S/C28H21NO3/c30-25(20-11-5-2-6-12-20)18-32-28(31)26-22-13-7-8-14-24(22)29-27-21(15-16-23(26)27)17-19-9-3-1-4-10-19/h1-14,17H,15-16,18H2/b21-17-. The van der Waals surface area contributed by atoms with Gasteiger partial charge in [-0.05, 0) is 41.7 Å². The van der Waals surface area contributed by atoms with Crippen LogP contribution in [0.1, 0.15) is 44.0 Å². The van der Waals surface area contributed by atoms with Crippen molar-refractivity contribution in [1.82, 2.24) is 4.98 Å². The Hall–Kier alpha value is -4.05. The number of hydrogen-bond donors (Lipinski definition) is 0. The number of nitrogens with zero attached hydrogens (tertiary/aromatic N) is 1. The summed E-state index contributed by atoms with van der Waals surface area (Å²) in [6.45, 7) is -0.291. The number of carbonyl (C=O) groups is 2. The van der Waals surface area contributed by atoms with Crippen molar-refractivity contribution in [3.8, 4) is 0 Å². The maximum Gasteiger partial charge on any atom is 0.339 e. The molecule has 0 unspecified atom stereocenters. The molecule has 0 atom stereocenters. The Labute approximate surface area is 186 Å². The van der Waals surface area contributed by atoms with Gasteiger partial charge in [0.1, 0.15) is 0 Å². The third-order valence-corrected chi connectivity index (χ3v) is 5.72. The molecule has 0 fully saturated rings. The van der Waals surface area contributed by atoms with Gasteiger partial charge in [-0.25, -0.2) is 9.78 Å². The van der Waals surface area contributed by atoms with Gasteiger partial charge >= 0.3 is 5.97 Å². The summed E-state index contributed by atoms with van der Waals surface area (Å²) >= 11 is 0. The van der Waals surface area contributed by atoms with Crippen LogP contribution in [0.2, 0.25) is 0 Å². The first-order valence-electron chi connectivity index (χ1n) is 10.6. The molecule has 5 rings (SSSR count). The zero-order valence-corrected chi connectivity index (χ0v) is 17.5. The first kappa shape index (κ1) is 19.9. The zero-order valence-electron chi connectivity index (χ0n) is 17.5. The van der Waals surface area contributed by atoms with E-state index in [1.165, 1.54) is 0 Å². The number of fused-ring (bicyclic) bond motifs is 2. The summed E-state index contributed by atoms with van der Waals surface area (Å²) in [4.78, 5) is 30.5. The van der Waals surface area contributed by atoms with Crippen molar-refractivity contribution in [3.05, 3.63) is 113 Å². The fraction of sp³-hybridized carbons (Fsp3) is 0.107.